The molecule has 2 aromatic rings. The maximum Gasteiger partial charge on any atom is 0.117 e. The lowest BCUT2D eigenvalue weighted by Gasteiger charge is -2.26. The van der Waals surface area contributed by atoms with Gasteiger partial charge in [-0.15, -0.1) is 11.8 Å². The highest BCUT2D eigenvalue weighted by molar-refractivity contribution is 8.02. The van der Waals surface area contributed by atoms with Crippen LogP contribution in [-0.2, 0) is 5.75 Å². The molecule has 3 aliphatic rings. The lowest BCUT2D eigenvalue weighted by atomic mass is 9.87. The summed E-state index contributed by atoms with van der Waals surface area (Å²) in [5, 5.41) is 2.13. The van der Waals surface area contributed by atoms with Gasteiger partial charge in [0.1, 0.15) is 16.7 Å². The zero-order valence-corrected chi connectivity index (χ0v) is 18.9. The molecule has 1 aromatic heterocycles. The highest BCUT2D eigenvalue weighted by Crippen LogP contribution is 2.56. The summed E-state index contributed by atoms with van der Waals surface area (Å²) in [6, 6.07) is 8.05. The van der Waals surface area contributed by atoms with E-state index in [2.05, 4.69) is 18.0 Å². The van der Waals surface area contributed by atoms with Crippen LogP contribution < -0.4 is 0 Å². The number of allylic oxidation sites excluding steroid dienone is 1. The molecule has 0 N–H and O–H groups in total. The summed E-state index contributed by atoms with van der Waals surface area (Å²) in [7, 11) is 0. The summed E-state index contributed by atoms with van der Waals surface area (Å²) < 4.78 is 0. The van der Waals surface area contributed by atoms with Gasteiger partial charge in [-0.05, 0) is 49.3 Å². The number of benzene rings is 1. The fourth-order valence-corrected chi connectivity index (χ4v) is 7.37. The molecule has 2 atom stereocenters. The third-order valence-corrected chi connectivity index (χ3v) is 8.77. The standard InChI is InChI=1S/C23H24ClN3S2/c1-2-3-11-18-15-8-6-9-16(15)19-20-21(29-22(19)27-18)23(26-13-25-20)28-12-14-7-4-5-10-17(14)24/h4-5,7,10,13,19,22H,2-3,6,8-9,11-12H2,1H3/t19-,22+/m0/s1. The number of unbranched alkanes of at least 4 members (excludes halogenated alkanes) is 1. The smallest absolute Gasteiger partial charge is 0.117 e. The maximum absolute atomic E-state index is 6.35. The molecule has 150 valence electrons. The van der Waals surface area contributed by atoms with Crippen LogP contribution in [0, 0.1) is 0 Å². The van der Waals surface area contributed by atoms with E-state index in [-0.39, 0.29) is 5.37 Å². The summed E-state index contributed by atoms with van der Waals surface area (Å²) in [5.74, 6) is 1.17. The number of thioether (sulfide) groups is 2. The average molecular weight is 442 g/mol. The van der Waals surface area contributed by atoms with Crippen LogP contribution >= 0.6 is 35.1 Å². The van der Waals surface area contributed by atoms with Gasteiger partial charge in [0, 0.05) is 16.5 Å². The van der Waals surface area contributed by atoms with Crippen LogP contribution in [0.3, 0.4) is 0 Å². The zero-order chi connectivity index (χ0) is 19.8. The van der Waals surface area contributed by atoms with Gasteiger partial charge in [-0.1, -0.05) is 60.5 Å². The number of nitrogens with zero attached hydrogens (tertiary/aromatic N) is 3. The van der Waals surface area contributed by atoms with Crippen LogP contribution in [0.25, 0.3) is 0 Å². The van der Waals surface area contributed by atoms with Crippen LogP contribution in [0.1, 0.15) is 62.6 Å². The first kappa shape index (κ1) is 19.7. The van der Waals surface area contributed by atoms with E-state index in [4.69, 9.17) is 21.6 Å². The van der Waals surface area contributed by atoms with E-state index in [9.17, 15) is 0 Å². The Hall–Kier alpha value is -1.30. The third kappa shape index (κ3) is 3.66. The number of aliphatic imine (C=N–C) groups is 1. The molecule has 5 rings (SSSR count). The number of aromatic nitrogens is 2. The first-order valence-corrected chi connectivity index (χ1v) is 12.7. The minimum atomic E-state index is 0.241. The van der Waals surface area contributed by atoms with Crippen molar-refractivity contribution in [1.29, 1.82) is 0 Å². The molecule has 0 saturated heterocycles. The lowest BCUT2D eigenvalue weighted by molar-refractivity contribution is 0.687. The second-order valence-electron chi connectivity index (χ2n) is 7.80. The van der Waals surface area contributed by atoms with Gasteiger partial charge >= 0.3 is 0 Å². The van der Waals surface area contributed by atoms with Crippen molar-refractivity contribution in [2.45, 2.75) is 72.4 Å². The normalized spacial score (nSPS) is 22.3. The Balaban J connectivity index is 1.44. The quantitative estimate of drug-likeness (QED) is 0.355. The molecular weight excluding hydrogens is 418 g/mol. The molecule has 0 amide bonds. The number of dihydropyridines is 1. The van der Waals surface area contributed by atoms with Crippen LogP contribution in [0.15, 0.2) is 56.7 Å². The van der Waals surface area contributed by atoms with Gasteiger partial charge < -0.3 is 0 Å². The Bertz CT molecular complexity index is 1000. The van der Waals surface area contributed by atoms with Crippen molar-refractivity contribution in [2.75, 3.05) is 0 Å². The minimum Gasteiger partial charge on any atom is -0.274 e. The van der Waals surface area contributed by atoms with Crippen molar-refractivity contribution in [3.05, 3.63) is 58.0 Å². The van der Waals surface area contributed by atoms with Gasteiger partial charge in [0.25, 0.3) is 0 Å². The Labute approximate surface area is 185 Å². The minimum absolute atomic E-state index is 0.241. The first-order valence-electron chi connectivity index (χ1n) is 10.4. The first-order chi connectivity index (χ1) is 14.3. The van der Waals surface area contributed by atoms with E-state index in [1.165, 1.54) is 48.4 Å². The Morgan fingerprint density at radius 3 is 2.97 bits per heavy atom. The topological polar surface area (TPSA) is 38.1 Å². The zero-order valence-electron chi connectivity index (χ0n) is 16.5. The number of hydrogen-bond acceptors (Lipinski definition) is 5. The molecule has 0 spiro atoms. The second-order valence-corrected chi connectivity index (χ2v) is 10.3. The SMILES string of the molecule is CCCCC1=N[C@@H]2Sc3c(SCc4ccccc4Cl)ncnc3[C@@H]2C2=C1CCC2. The van der Waals surface area contributed by atoms with Gasteiger partial charge in [0.15, 0.2) is 0 Å². The predicted molar refractivity (Wildman–Crippen MR) is 123 cm³/mol. The van der Waals surface area contributed by atoms with Crippen LogP contribution in [0.4, 0.5) is 0 Å². The molecule has 2 aliphatic heterocycles. The summed E-state index contributed by atoms with van der Waals surface area (Å²) in [5.41, 5.74) is 6.89. The molecular formula is C23H24ClN3S2. The molecule has 1 aromatic carbocycles. The van der Waals surface area contributed by atoms with Gasteiger partial charge in [-0.3, -0.25) is 4.99 Å². The summed E-state index contributed by atoms with van der Waals surface area (Å²) in [6.07, 6.45) is 8.96. The molecule has 6 heteroatoms. The molecule has 29 heavy (non-hydrogen) atoms. The van der Waals surface area contributed by atoms with Crippen molar-refractivity contribution in [3.63, 3.8) is 0 Å². The maximum atomic E-state index is 6.35. The number of halogens is 1. The highest BCUT2D eigenvalue weighted by atomic mass is 35.5. The van der Waals surface area contributed by atoms with E-state index in [0.717, 1.165) is 27.8 Å². The van der Waals surface area contributed by atoms with E-state index in [1.807, 2.05) is 30.0 Å². The van der Waals surface area contributed by atoms with Crippen molar-refractivity contribution in [3.8, 4) is 0 Å². The van der Waals surface area contributed by atoms with Crippen LogP contribution in [0.2, 0.25) is 5.02 Å². The van der Waals surface area contributed by atoms with Gasteiger partial charge in [0.2, 0.25) is 0 Å². The Morgan fingerprint density at radius 2 is 2.10 bits per heavy atom. The molecule has 3 nitrogen and oxygen atoms in total. The molecule has 0 saturated carbocycles. The lowest BCUT2D eigenvalue weighted by Crippen LogP contribution is -2.21. The third-order valence-electron chi connectivity index (χ3n) is 5.97. The molecule has 1 aliphatic carbocycles. The number of rotatable bonds is 6. The predicted octanol–water partition coefficient (Wildman–Crippen LogP) is 7.06. The summed E-state index contributed by atoms with van der Waals surface area (Å²) >= 11 is 9.98. The second kappa shape index (κ2) is 8.44. The fraction of sp³-hybridized carbons (Fsp3) is 0.435. The van der Waals surface area contributed by atoms with Crippen molar-refractivity contribution in [1.82, 2.24) is 9.97 Å². The Morgan fingerprint density at radius 1 is 1.21 bits per heavy atom. The van der Waals surface area contributed by atoms with E-state index < -0.39 is 0 Å². The van der Waals surface area contributed by atoms with E-state index in [1.54, 1.807) is 29.2 Å². The van der Waals surface area contributed by atoms with Crippen molar-refractivity contribution >= 4 is 40.8 Å². The monoisotopic (exact) mass is 441 g/mol. The van der Waals surface area contributed by atoms with Crippen LogP contribution in [-0.4, -0.2) is 21.1 Å². The Kier molecular flexibility index (Phi) is 5.72. The fourth-order valence-electron chi connectivity index (χ4n) is 4.56. The van der Waals surface area contributed by atoms with E-state index in [0.29, 0.717) is 5.92 Å². The molecule has 0 fully saturated rings. The van der Waals surface area contributed by atoms with Crippen molar-refractivity contribution < 1.29 is 0 Å². The molecule has 0 bridgehead atoms. The van der Waals surface area contributed by atoms with Gasteiger partial charge in [-0.25, -0.2) is 9.97 Å². The molecule has 0 radical (unpaired) electrons. The van der Waals surface area contributed by atoms with Crippen LogP contribution in [0.5, 0.6) is 0 Å². The summed E-state index contributed by atoms with van der Waals surface area (Å²) in [6.45, 7) is 2.26. The van der Waals surface area contributed by atoms with Gasteiger partial charge in [0.05, 0.1) is 16.5 Å². The number of hydrogen-bond donors (Lipinski definition) is 0. The summed E-state index contributed by atoms with van der Waals surface area (Å²) in [4.78, 5) is 15.9. The average Bonchev–Trinajstić information content (AvgIpc) is 3.36. The highest BCUT2D eigenvalue weighted by Gasteiger charge is 2.44. The number of fused-ring (bicyclic) bond motifs is 4. The van der Waals surface area contributed by atoms with Gasteiger partial charge in [-0.2, -0.15) is 0 Å². The van der Waals surface area contributed by atoms with E-state index >= 15 is 0 Å². The molecule has 0 unspecified atom stereocenters. The molecule has 3 heterocycles. The van der Waals surface area contributed by atoms with Crippen molar-refractivity contribution in [2.24, 2.45) is 4.99 Å². The largest absolute Gasteiger partial charge is 0.274 e.